The van der Waals surface area contributed by atoms with Gasteiger partial charge in [-0.15, -0.1) is 0 Å². The lowest BCUT2D eigenvalue weighted by atomic mass is 10.2. The van der Waals surface area contributed by atoms with Gasteiger partial charge in [0.15, 0.2) is 0 Å². The van der Waals surface area contributed by atoms with Crippen LogP contribution in [0, 0.1) is 0 Å². The van der Waals surface area contributed by atoms with Gasteiger partial charge in [-0.3, -0.25) is 14.5 Å². The molecule has 0 fully saturated rings. The highest BCUT2D eigenvalue weighted by Gasteiger charge is 2.30. The molecule has 6 heteroatoms. The first-order valence-electron chi connectivity index (χ1n) is 8.90. The van der Waals surface area contributed by atoms with E-state index in [-0.39, 0.29) is 11.7 Å². The van der Waals surface area contributed by atoms with Crippen LogP contribution in [0.2, 0.25) is 0 Å². The monoisotopic (exact) mass is 368 g/mol. The van der Waals surface area contributed by atoms with Crippen molar-refractivity contribution in [2.75, 3.05) is 0 Å². The van der Waals surface area contributed by atoms with E-state index >= 15 is 0 Å². The van der Waals surface area contributed by atoms with Gasteiger partial charge in [0.25, 0.3) is 0 Å². The summed E-state index contributed by atoms with van der Waals surface area (Å²) in [6.07, 6.45) is 12.6. The molecule has 6 nitrogen and oxygen atoms in total. The molecule has 2 aromatic rings. The third-order valence-corrected chi connectivity index (χ3v) is 4.69. The highest BCUT2D eigenvalue weighted by Crippen LogP contribution is 2.28. The van der Waals surface area contributed by atoms with Crippen molar-refractivity contribution in [1.29, 1.82) is 0 Å². The van der Waals surface area contributed by atoms with E-state index in [0.717, 1.165) is 27.8 Å². The number of rotatable bonds is 0. The fraction of sp³-hybridized carbons (Fsp3) is 0.0455. The number of hydrogen-bond donors (Lipinski definition) is 2. The van der Waals surface area contributed by atoms with Crippen LogP contribution in [0.25, 0.3) is 18.2 Å². The van der Waals surface area contributed by atoms with Gasteiger partial charge in [-0.25, -0.2) is 4.99 Å². The van der Waals surface area contributed by atoms with Crippen molar-refractivity contribution >= 4 is 35.6 Å². The Hall–Kier alpha value is -3.93. The Morgan fingerprint density at radius 3 is 2.43 bits per heavy atom. The van der Waals surface area contributed by atoms with Crippen molar-refractivity contribution in [3.8, 4) is 0 Å². The average molecular weight is 368 g/mol. The number of aromatic amines is 2. The zero-order valence-corrected chi connectivity index (χ0v) is 15.1. The van der Waals surface area contributed by atoms with Gasteiger partial charge >= 0.3 is 0 Å². The van der Waals surface area contributed by atoms with E-state index in [1.165, 1.54) is 17.9 Å². The maximum absolute atomic E-state index is 12.6. The first kappa shape index (κ1) is 16.3. The second-order valence-corrected chi connectivity index (χ2v) is 6.78. The Kier molecular flexibility index (Phi) is 3.52. The van der Waals surface area contributed by atoms with Crippen molar-refractivity contribution < 1.29 is 9.59 Å². The molecule has 0 aromatic carbocycles. The van der Waals surface area contributed by atoms with Gasteiger partial charge in [-0.05, 0) is 60.7 Å². The average Bonchev–Trinajstić information content (AvgIpc) is 3.40. The second kappa shape index (κ2) is 6.06. The molecule has 0 saturated carbocycles. The fourth-order valence-electron chi connectivity index (χ4n) is 3.49. The summed E-state index contributed by atoms with van der Waals surface area (Å²) < 4.78 is 0. The summed E-state index contributed by atoms with van der Waals surface area (Å²) in [6.45, 7) is 1.44. The van der Waals surface area contributed by atoms with Crippen LogP contribution in [0.4, 0.5) is 0 Å². The van der Waals surface area contributed by atoms with Crippen molar-refractivity contribution in [2.24, 2.45) is 4.99 Å². The number of ketones is 1. The summed E-state index contributed by atoms with van der Waals surface area (Å²) in [6, 6.07) is 7.79. The zero-order valence-electron chi connectivity index (χ0n) is 15.1. The number of H-pyrrole nitrogens is 2. The largest absolute Gasteiger partial charge is 0.355 e. The highest BCUT2D eigenvalue weighted by molar-refractivity contribution is 6.19. The maximum atomic E-state index is 12.6. The molecule has 136 valence electrons. The number of hydrogen-bond acceptors (Lipinski definition) is 3. The first-order chi connectivity index (χ1) is 13.5. The molecule has 0 saturated heterocycles. The van der Waals surface area contributed by atoms with Crippen LogP contribution in [0.15, 0.2) is 70.7 Å². The molecule has 1 amide bonds. The molecular formula is C22H16N4O2. The van der Waals surface area contributed by atoms with E-state index < -0.39 is 0 Å². The normalized spacial score (nSPS) is 17.5. The number of allylic oxidation sites excluding steroid dienone is 4. The zero-order chi connectivity index (χ0) is 19.3. The van der Waals surface area contributed by atoms with Gasteiger partial charge in [-0.1, -0.05) is 0 Å². The Bertz CT molecular complexity index is 1310. The smallest absolute Gasteiger partial charge is 0.228 e. The number of carbonyl (C=O) groups is 2. The lowest BCUT2D eigenvalue weighted by Gasteiger charge is -2.17. The van der Waals surface area contributed by atoms with Crippen LogP contribution in [-0.2, 0) is 9.59 Å². The van der Waals surface area contributed by atoms with E-state index in [4.69, 9.17) is 0 Å². The van der Waals surface area contributed by atoms with E-state index in [9.17, 15) is 9.59 Å². The SMILES string of the molecule is CC(=O)N1C2=CC(=O)C1=Cc1ccc([nH]1)C=c1ccc([nH]1)=CC1=NC(=C2)C=C1. The first-order valence-corrected chi connectivity index (χ1v) is 8.90. The molecule has 28 heavy (non-hydrogen) atoms. The van der Waals surface area contributed by atoms with E-state index in [1.807, 2.05) is 48.6 Å². The molecule has 3 aliphatic rings. The van der Waals surface area contributed by atoms with Crippen LogP contribution in [-0.4, -0.2) is 32.3 Å². The molecule has 0 spiro atoms. The van der Waals surface area contributed by atoms with Gasteiger partial charge in [0.05, 0.1) is 22.8 Å². The molecule has 0 atom stereocenters. The molecule has 0 unspecified atom stereocenters. The number of aromatic nitrogens is 2. The van der Waals surface area contributed by atoms with Gasteiger partial charge in [0.1, 0.15) is 0 Å². The van der Waals surface area contributed by atoms with Crippen molar-refractivity contribution in [2.45, 2.75) is 6.92 Å². The summed E-state index contributed by atoms with van der Waals surface area (Å²) in [4.78, 5) is 37.4. The quantitative estimate of drug-likeness (QED) is 0.739. The Labute approximate surface area is 160 Å². The van der Waals surface area contributed by atoms with Gasteiger partial charge in [-0.2, -0.15) is 0 Å². The lowest BCUT2D eigenvalue weighted by Crippen LogP contribution is -2.24. The second-order valence-electron chi connectivity index (χ2n) is 6.78. The number of aliphatic imine (C=N–C) groups is 1. The molecule has 5 rings (SSSR count). The minimum atomic E-state index is -0.227. The minimum Gasteiger partial charge on any atom is -0.355 e. The van der Waals surface area contributed by atoms with Crippen LogP contribution < -0.4 is 10.7 Å². The van der Waals surface area contributed by atoms with Crippen molar-refractivity contribution in [3.05, 3.63) is 87.7 Å². The summed E-state index contributed by atoms with van der Waals surface area (Å²) in [5.41, 5.74) is 3.95. The predicted octanol–water partition coefficient (Wildman–Crippen LogP) is 1.52. The van der Waals surface area contributed by atoms with Crippen LogP contribution in [0.5, 0.6) is 0 Å². The molecule has 5 heterocycles. The highest BCUT2D eigenvalue weighted by atomic mass is 16.2. The molecule has 8 bridgehead atoms. The molecule has 2 N–H and O–H groups in total. The fourth-order valence-corrected chi connectivity index (χ4v) is 3.49. The van der Waals surface area contributed by atoms with Crippen molar-refractivity contribution in [1.82, 2.24) is 14.9 Å². The van der Waals surface area contributed by atoms with E-state index in [2.05, 4.69) is 15.0 Å². The number of nitrogens with one attached hydrogen (secondary N) is 2. The third-order valence-electron chi connectivity index (χ3n) is 4.69. The summed E-state index contributed by atoms with van der Waals surface area (Å²) in [7, 11) is 0. The van der Waals surface area contributed by atoms with E-state index in [1.54, 1.807) is 12.2 Å². The third kappa shape index (κ3) is 2.81. The van der Waals surface area contributed by atoms with Crippen LogP contribution >= 0.6 is 0 Å². The number of carbonyl (C=O) groups excluding carboxylic acids is 2. The topological polar surface area (TPSA) is 81.3 Å². The molecule has 2 aromatic heterocycles. The van der Waals surface area contributed by atoms with Gasteiger partial charge in [0.2, 0.25) is 11.7 Å². The number of amides is 1. The van der Waals surface area contributed by atoms with Gasteiger partial charge in [0, 0.05) is 35.1 Å². The number of fused-ring (bicyclic) bond motifs is 7. The maximum Gasteiger partial charge on any atom is 0.228 e. The lowest BCUT2D eigenvalue weighted by molar-refractivity contribution is -0.126. The Morgan fingerprint density at radius 2 is 1.64 bits per heavy atom. The standard InChI is InChI=1S/C22H16N4O2/c1-13(27)26-20-10-18-6-4-16(24-18)8-14-2-3-15(23-14)9-17-5-7-19(25-17)11-21(26)22(28)12-20/h2-12,23,25H,1H3. The minimum absolute atomic E-state index is 0.210. The molecular weight excluding hydrogens is 352 g/mol. The van der Waals surface area contributed by atoms with Gasteiger partial charge < -0.3 is 9.97 Å². The van der Waals surface area contributed by atoms with E-state index in [0.29, 0.717) is 17.1 Å². The Morgan fingerprint density at radius 1 is 0.893 bits per heavy atom. The molecule has 0 aliphatic carbocycles. The molecule has 0 radical (unpaired) electrons. The number of nitrogens with zero attached hydrogens (tertiary/aromatic N) is 2. The van der Waals surface area contributed by atoms with Crippen LogP contribution in [0.1, 0.15) is 18.3 Å². The molecule has 3 aliphatic heterocycles. The summed E-state index contributed by atoms with van der Waals surface area (Å²) in [5.74, 6) is -0.437. The Balaban J connectivity index is 1.74. The van der Waals surface area contributed by atoms with Crippen LogP contribution in [0.3, 0.4) is 0 Å². The summed E-state index contributed by atoms with van der Waals surface area (Å²) in [5, 5.41) is 1.89. The summed E-state index contributed by atoms with van der Waals surface area (Å²) >= 11 is 0. The predicted molar refractivity (Wildman–Crippen MR) is 107 cm³/mol. The van der Waals surface area contributed by atoms with Crippen molar-refractivity contribution in [3.63, 3.8) is 0 Å².